The van der Waals surface area contributed by atoms with Crippen molar-refractivity contribution in [2.75, 3.05) is 6.54 Å². The Labute approximate surface area is 142 Å². The third-order valence-electron chi connectivity index (χ3n) is 3.93. The first-order chi connectivity index (χ1) is 12.1. The lowest BCUT2D eigenvalue weighted by Crippen LogP contribution is -2.29. The highest BCUT2D eigenvalue weighted by Crippen LogP contribution is 2.20. The monoisotopic (exact) mass is 345 g/mol. The fourth-order valence-electron chi connectivity index (χ4n) is 2.64. The van der Waals surface area contributed by atoms with Gasteiger partial charge in [0.05, 0.1) is 22.9 Å². The molecule has 5 nitrogen and oxygen atoms in total. The topological polar surface area (TPSA) is 67.2 Å². The van der Waals surface area contributed by atoms with Gasteiger partial charge < -0.3 is 15.0 Å². The number of halogens is 2. The first-order valence-electron chi connectivity index (χ1n) is 7.85. The first kappa shape index (κ1) is 17.0. The predicted molar refractivity (Wildman–Crippen MR) is 88.7 cm³/mol. The molecule has 2 N–H and O–H groups in total. The van der Waals surface area contributed by atoms with Crippen LogP contribution in [0.2, 0.25) is 0 Å². The highest BCUT2D eigenvalue weighted by molar-refractivity contribution is 5.77. The normalized spacial score (nSPS) is 12.3. The zero-order valence-corrected chi connectivity index (χ0v) is 13.3. The first-order valence-corrected chi connectivity index (χ1v) is 7.85. The largest absolute Gasteiger partial charge is 0.386 e. The zero-order valence-electron chi connectivity index (χ0n) is 13.3. The van der Waals surface area contributed by atoms with Crippen LogP contribution in [0.15, 0.2) is 48.8 Å². The Kier molecular flexibility index (Phi) is 5.04. The summed E-state index contributed by atoms with van der Waals surface area (Å²) in [6, 6.07) is 10.9. The molecule has 0 bridgehead atoms. The van der Waals surface area contributed by atoms with Crippen LogP contribution >= 0.6 is 0 Å². The quantitative estimate of drug-likeness (QED) is 0.721. The molecule has 0 aliphatic heterocycles. The fraction of sp³-hybridized carbons (Fsp3) is 0.222. The second-order valence-electron chi connectivity index (χ2n) is 5.63. The summed E-state index contributed by atoms with van der Waals surface area (Å²) < 4.78 is 29.0. The number of aromatic nitrogens is 2. The second kappa shape index (κ2) is 7.40. The van der Waals surface area contributed by atoms with Crippen LogP contribution in [0.1, 0.15) is 18.1 Å². The Bertz CT molecular complexity index is 875. The number of imidazole rings is 1. The van der Waals surface area contributed by atoms with Crippen molar-refractivity contribution in [1.29, 1.82) is 0 Å². The number of hydrogen-bond donors (Lipinski definition) is 2. The summed E-state index contributed by atoms with van der Waals surface area (Å²) >= 11 is 0. The van der Waals surface area contributed by atoms with E-state index >= 15 is 0 Å². The van der Waals surface area contributed by atoms with E-state index in [-0.39, 0.29) is 18.9 Å². The molecule has 0 fully saturated rings. The van der Waals surface area contributed by atoms with E-state index in [0.29, 0.717) is 6.54 Å². The Morgan fingerprint density at radius 2 is 1.88 bits per heavy atom. The third-order valence-corrected chi connectivity index (χ3v) is 3.93. The maximum Gasteiger partial charge on any atom is 0.221 e. The van der Waals surface area contributed by atoms with Gasteiger partial charge in [-0.25, -0.2) is 13.8 Å². The number of aryl methyl sites for hydroxylation is 1. The number of amides is 1. The number of nitrogens with one attached hydrogen (secondary N) is 1. The molecule has 0 spiro atoms. The Morgan fingerprint density at radius 3 is 2.64 bits per heavy atom. The number of hydrogen-bond acceptors (Lipinski definition) is 3. The van der Waals surface area contributed by atoms with Crippen LogP contribution in [0.4, 0.5) is 8.78 Å². The van der Waals surface area contributed by atoms with E-state index in [0.717, 1.165) is 23.2 Å². The Morgan fingerprint density at radius 1 is 1.16 bits per heavy atom. The molecule has 25 heavy (non-hydrogen) atoms. The number of aliphatic hydroxyl groups excluding tert-OH is 1. The van der Waals surface area contributed by atoms with Gasteiger partial charge in [0.15, 0.2) is 0 Å². The average molecular weight is 345 g/mol. The lowest BCUT2D eigenvalue weighted by atomic mass is 10.1. The second-order valence-corrected chi connectivity index (χ2v) is 5.63. The number of aliphatic hydroxyl groups is 1. The van der Waals surface area contributed by atoms with Crippen LogP contribution < -0.4 is 5.32 Å². The average Bonchev–Trinajstić information content (AvgIpc) is 3.01. The lowest BCUT2D eigenvalue weighted by molar-refractivity contribution is -0.121. The van der Waals surface area contributed by atoms with E-state index in [2.05, 4.69) is 10.3 Å². The third kappa shape index (κ3) is 3.83. The van der Waals surface area contributed by atoms with Crippen molar-refractivity contribution in [3.8, 4) is 0 Å². The zero-order chi connectivity index (χ0) is 17.8. The van der Waals surface area contributed by atoms with Crippen molar-refractivity contribution in [3.05, 3.63) is 66.0 Å². The van der Waals surface area contributed by atoms with Gasteiger partial charge in [-0.1, -0.05) is 18.2 Å². The van der Waals surface area contributed by atoms with Crippen molar-refractivity contribution < 1.29 is 18.7 Å². The van der Waals surface area contributed by atoms with Crippen LogP contribution in [0.5, 0.6) is 0 Å². The summed E-state index contributed by atoms with van der Waals surface area (Å²) in [4.78, 5) is 16.2. The van der Waals surface area contributed by atoms with E-state index in [4.69, 9.17) is 0 Å². The molecular weight excluding hydrogens is 328 g/mol. The molecule has 130 valence electrons. The number of rotatable bonds is 6. The van der Waals surface area contributed by atoms with Crippen molar-refractivity contribution in [3.63, 3.8) is 0 Å². The highest BCUT2D eigenvalue weighted by atomic mass is 19.1. The molecule has 0 aliphatic carbocycles. The van der Waals surface area contributed by atoms with Gasteiger partial charge in [-0.15, -0.1) is 0 Å². The summed E-state index contributed by atoms with van der Waals surface area (Å²) in [6.45, 7) is 0.151. The summed E-state index contributed by atoms with van der Waals surface area (Å²) in [5, 5.41) is 12.4. The number of nitrogens with zero attached hydrogens (tertiary/aromatic N) is 2. The van der Waals surface area contributed by atoms with E-state index in [1.807, 2.05) is 28.8 Å². The summed E-state index contributed by atoms with van der Waals surface area (Å²) in [5.74, 6) is -2.01. The minimum absolute atomic E-state index is 0.160. The number of carbonyl (C=O) groups excluding carboxylic acids is 1. The van der Waals surface area contributed by atoms with Gasteiger partial charge in [0.1, 0.15) is 17.7 Å². The number of fused-ring (bicyclic) bond motifs is 1. The van der Waals surface area contributed by atoms with Crippen LogP contribution in [-0.4, -0.2) is 27.1 Å². The smallest absolute Gasteiger partial charge is 0.221 e. The van der Waals surface area contributed by atoms with Crippen LogP contribution in [-0.2, 0) is 11.3 Å². The predicted octanol–water partition coefficient (Wildman–Crippen LogP) is 2.55. The maximum absolute atomic E-state index is 13.6. The Hall–Kier alpha value is -2.80. The van der Waals surface area contributed by atoms with Gasteiger partial charge in [0.25, 0.3) is 0 Å². The summed E-state index contributed by atoms with van der Waals surface area (Å²) in [7, 11) is 0. The summed E-state index contributed by atoms with van der Waals surface area (Å²) in [6.07, 6.45) is 0.369. The molecule has 2 aromatic carbocycles. The van der Waals surface area contributed by atoms with Crippen molar-refractivity contribution in [2.45, 2.75) is 19.1 Å². The molecule has 0 saturated heterocycles. The van der Waals surface area contributed by atoms with E-state index in [9.17, 15) is 18.7 Å². The van der Waals surface area contributed by atoms with Crippen molar-refractivity contribution in [1.82, 2.24) is 14.9 Å². The molecule has 3 aromatic rings. The molecule has 1 heterocycles. The van der Waals surface area contributed by atoms with Crippen molar-refractivity contribution in [2.24, 2.45) is 0 Å². The fourth-order valence-corrected chi connectivity index (χ4v) is 2.64. The van der Waals surface area contributed by atoms with Crippen LogP contribution in [0.3, 0.4) is 0 Å². The molecule has 0 aliphatic rings. The van der Waals surface area contributed by atoms with Gasteiger partial charge in [0, 0.05) is 19.5 Å². The number of benzene rings is 2. The lowest BCUT2D eigenvalue weighted by Gasteiger charge is -2.14. The standard InChI is InChI=1S/C18H17F2N3O2/c19-12-4-3-5-13(20)18(12)16(24)10-21-17(25)8-9-23-11-22-14-6-1-2-7-15(14)23/h1-7,11,16,24H,8-10H2,(H,21,25). The molecule has 1 unspecified atom stereocenters. The van der Waals surface area contributed by atoms with E-state index in [1.54, 1.807) is 6.33 Å². The van der Waals surface area contributed by atoms with Gasteiger partial charge in [-0.05, 0) is 24.3 Å². The molecule has 3 rings (SSSR count). The highest BCUT2D eigenvalue weighted by Gasteiger charge is 2.18. The SMILES string of the molecule is O=C(CCn1cnc2ccccc21)NCC(O)c1c(F)cccc1F. The van der Waals surface area contributed by atoms with Crippen molar-refractivity contribution >= 4 is 16.9 Å². The van der Waals surface area contributed by atoms with E-state index < -0.39 is 23.3 Å². The maximum atomic E-state index is 13.6. The minimum Gasteiger partial charge on any atom is -0.386 e. The molecule has 0 radical (unpaired) electrons. The summed E-state index contributed by atoms with van der Waals surface area (Å²) in [5.41, 5.74) is 1.32. The van der Waals surface area contributed by atoms with Crippen LogP contribution in [0, 0.1) is 11.6 Å². The minimum atomic E-state index is -1.45. The molecule has 0 saturated carbocycles. The van der Waals surface area contributed by atoms with E-state index in [1.165, 1.54) is 6.07 Å². The molecule has 1 amide bonds. The van der Waals surface area contributed by atoms with Crippen LogP contribution in [0.25, 0.3) is 11.0 Å². The number of para-hydroxylation sites is 2. The van der Waals surface area contributed by atoms with Gasteiger partial charge in [0.2, 0.25) is 5.91 Å². The molecule has 1 atom stereocenters. The molecular formula is C18H17F2N3O2. The van der Waals surface area contributed by atoms with Gasteiger partial charge in [-0.2, -0.15) is 0 Å². The Balaban J connectivity index is 1.54. The molecule has 1 aromatic heterocycles. The molecule has 7 heteroatoms. The van der Waals surface area contributed by atoms with Gasteiger partial charge >= 0.3 is 0 Å². The number of carbonyl (C=O) groups is 1. The van der Waals surface area contributed by atoms with Gasteiger partial charge in [-0.3, -0.25) is 4.79 Å².